The van der Waals surface area contributed by atoms with Crippen LogP contribution in [-0.2, 0) is 9.53 Å². The molecule has 2 saturated heterocycles. The molecule has 0 saturated carbocycles. The van der Waals surface area contributed by atoms with Crippen molar-refractivity contribution in [1.82, 2.24) is 15.5 Å². The van der Waals surface area contributed by atoms with E-state index < -0.39 is 12.8 Å². The summed E-state index contributed by atoms with van der Waals surface area (Å²) in [6.07, 6.45) is 6.79. The van der Waals surface area contributed by atoms with E-state index in [1.807, 2.05) is 26.0 Å². The molecule has 34 heavy (non-hydrogen) atoms. The van der Waals surface area contributed by atoms with Gasteiger partial charge in [-0.15, -0.1) is 0 Å². The zero-order valence-electron chi connectivity index (χ0n) is 20.4. The van der Waals surface area contributed by atoms with Crippen LogP contribution < -0.4 is 10.6 Å². The van der Waals surface area contributed by atoms with Crippen LogP contribution in [0.1, 0.15) is 51.5 Å². The standard InChI is InChI=1S/C16H21ClN2O.C10H16FNO2/c17-15-3-1-12(2-4-15)14-7-10-19(11-14)16(20)13-5-8-18-9-6-13;1-4-9(6-5-7-11)14-10(13)12-8(2)3/h1-4,13-14,18H,5-11H2;4-6,8H,7H2,1-3H3,(H,12,13)/b;6-5-,9-4+. The van der Waals surface area contributed by atoms with Crippen LogP contribution in [0.3, 0.4) is 0 Å². The van der Waals surface area contributed by atoms with Crippen LogP contribution in [0.4, 0.5) is 9.18 Å². The van der Waals surface area contributed by atoms with Gasteiger partial charge in [0.15, 0.2) is 0 Å². The number of piperidine rings is 1. The summed E-state index contributed by atoms with van der Waals surface area (Å²) < 4.78 is 16.6. The summed E-state index contributed by atoms with van der Waals surface area (Å²) in [5.41, 5.74) is 1.30. The lowest BCUT2D eigenvalue weighted by Gasteiger charge is -2.26. The molecule has 188 valence electrons. The quantitative estimate of drug-likeness (QED) is 0.421. The van der Waals surface area contributed by atoms with Gasteiger partial charge < -0.3 is 20.3 Å². The third-order valence-corrected chi connectivity index (χ3v) is 6.05. The second-order valence-corrected chi connectivity index (χ2v) is 9.22. The van der Waals surface area contributed by atoms with Crippen LogP contribution in [0.5, 0.6) is 0 Å². The molecule has 1 atom stereocenters. The number of alkyl halides is 1. The molecular weight excluding hydrogens is 457 g/mol. The molecule has 2 heterocycles. The number of nitrogens with one attached hydrogen (secondary N) is 2. The van der Waals surface area contributed by atoms with Crippen molar-refractivity contribution < 1.29 is 18.7 Å². The first kappa shape index (κ1) is 27.9. The minimum Gasteiger partial charge on any atom is -0.411 e. The molecule has 2 fully saturated rings. The number of alkyl carbamates (subject to hydrolysis) is 1. The predicted octanol–water partition coefficient (Wildman–Crippen LogP) is 5.21. The minimum absolute atomic E-state index is 0.0192. The minimum atomic E-state index is -0.577. The molecular formula is C26H37ClFN3O3. The molecule has 2 N–H and O–H groups in total. The monoisotopic (exact) mass is 493 g/mol. The Morgan fingerprint density at radius 3 is 2.50 bits per heavy atom. The first-order chi connectivity index (χ1) is 16.3. The Labute approximate surface area is 207 Å². The molecule has 1 unspecified atom stereocenters. The van der Waals surface area contributed by atoms with Gasteiger partial charge in [0.2, 0.25) is 5.91 Å². The fourth-order valence-corrected chi connectivity index (χ4v) is 4.14. The second kappa shape index (κ2) is 14.8. The average Bonchev–Trinajstić information content (AvgIpc) is 3.32. The number of halogens is 2. The first-order valence-electron chi connectivity index (χ1n) is 12.0. The Balaban J connectivity index is 0.000000259. The maximum atomic E-state index is 12.5. The Hall–Kier alpha value is -2.38. The van der Waals surface area contributed by atoms with Crippen molar-refractivity contribution in [2.75, 3.05) is 32.9 Å². The highest BCUT2D eigenvalue weighted by molar-refractivity contribution is 6.30. The average molecular weight is 494 g/mol. The molecule has 2 aliphatic rings. The molecule has 0 spiro atoms. The van der Waals surface area contributed by atoms with Gasteiger partial charge in [0.1, 0.15) is 12.4 Å². The van der Waals surface area contributed by atoms with E-state index in [1.54, 1.807) is 13.0 Å². The topological polar surface area (TPSA) is 70.7 Å². The number of hydrogen-bond donors (Lipinski definition) is 2. The van der Waals surface area contributed by atoms with Gasteiger partial charge in [0, 0.05) is 36.0 Å². The molecule has 2 amide bonds. The molecule has 0 radical (unpaired) electrons. The molecule has 8 heteroatoms. The summed E-state index contributed by atoms with van der Waals surface area (Å²) >= 11 is 5.93. The van der Waals surface area contributed by atoms with E-state index >= 15 is 0 Å². The number of benzene rings is 1. The number of ether oxygens (including phenoxy) is 1. The number of nitrogens with zero attached hydrogens (tertiary/aromatic N) is 1. The SMILES string of the molecule is C/C=C(\C=C/CF)OC(=O)NC(C)C.O=C(C1CCNCC1)N1CCC(c2ccc(Cl)cc2)C1. The number of amides is 2. The predicted molar refractivity (Wildman–Crippen MR) is 135 cm³/mol. The Bertz CT molecular complexity index is 836. The molecule has 1 aromatic carbocycles. The number of likely N-dealkylation sites (tertiary alicyclic amines) is 1. The van der Waals surface area contributed by atoms with Crippen molar-refractivity contribution in [2.24, 2.45) is 5.92 Å². The van der Waals surface area contributed by atoms with Gasteiger partial charge >= 0.3 is 6.09 Å². The van der Waals surface area contributed by atoms with E-state index in [2.05, 4.69) is 27.7 Å². The highest BCUT2D eigenvalue weighted by atomic mass is 35.5. The number of rotatable bonds is 6. The van der Waals surface area contributed by atoms with E-state index in [-0.39, 0.29) is 12.0 Å². The molecule has 6 nitrogen and oxygen atoms in total. The van der Waals surface area contributed by atoms with E-state index in [4.69, 9.17) is 16.3 Å². The Morgan fingerprint density at radius 1 is 1.24 bits per heavy atom. The third-order valence-electron chi connectivity index (χ3n) is 5.80. The number of hydrogen-bond acceptors (Lipinski definition) is 4. The Morgan fingerprint density at radius 2 is 1.91 bits per heavy atom. The third kappa shape index (κ3) is 9.47. The van der Waals surface area contributed by atoms with Crippen LogP contribution >= 0.6 is 11.6 Å². The van der Waals surface area contributed by atoms with Gasteiger partial charge in [-0.25, -0.2) is 9.18 Å². The summed E-state index contributed by atoms with van der Waals surface area (Å²) in [4.78, 5) is 25.7. The van der Waals surface area contributed by atoms with Gasteiger partial charge in [-0.05, 0) is 83.0 Å². The van der Waals surface area contributed by atoms with Gasteiger partial charge in [-0.3, -0.25) is 4.79 Å². The molecule has 0 bridgehead atoms. The smallest absolute Gasteiger partial charge is 0.411 e. The van der Waals surface area contributed by atoms with E-state index in [1.165, 1.54) is 17.7 Å². The van der Waals surface area contributed by atoms with Crippen molar-refractivity contribution in [3.63, 3.8) is 0 Å². The Kier molecular flexibility index (Phi) is 12.1. The van der Waals surface area contributed by atoms with Crippen molar-refractivity contribution in [3.8, 4) is 0 Å². The van der Waals surface area contributed by atoms with Crippen LogP contribution in [0.25, 0.3) is 0 Å². The summed E-state index contributed by atoms with van der Waals surface area (Å²) in [6, 6.07) is 8.07. The van der Waals surface area contributed by atoms with Gasteiger partial charge in [-0.1, -0.05) is 29.8 Å². The fourth-order valence-electron chi connectivity index (χ4n) is 4.02. The fraction of sp³-hybridized carbons (Fsp3) is 0.538. The normalized spacial score (nSPS) is 19.2. The molecule has 0 aromatic heterocycles. The number of carbonyl (C=O) groups is 2. The van der Waals surface area contributed by atoms with Crippen molar-refractivity contribution >= 4 is 23.6 Å². The molecule has 2 aliphatic heterocycles. The van der Waals surface area contributed by atoms with Gasteiger partial charge in [0.05, 0.1) is 0 Å². The zero-order valence-corrected chi connectivity index (χ0v) is 21.1. The highest BCUT2D eigenvalue weighted by Crippen LogP contribution is 2.30. The number of allylic oxidation sites excluding steroid dienone is 3. The summed E-state index contributed by atoms with van der Waals surface area (Å²) in [5.74, 6) is 1.40. The number of carbonyl (C=O) groups excluding carboxylic acids is 2. The van der Waals surface area contributed by atoms with E-state index in [0.717, 1.165) is 50.5 Å². The maximum Gasteiger partial charge on any atom is 0.412 e. The van der Waals surface area contributed by atoms with Crippen LogP contribution in [-0.4, -0.2) is 55.8 Å². The van der Waals surface area contributed by atoms with Crippen LogP contribution in [0, 0.1) is 5.92 Å². The zero-order chi connectivity index (χ0) is 24.9. The molecule has 0 aliphatic carbocycles. The van der Waals surface area contributed by atoms with Crippen molar-refractivity contribution in [1.29, 1.82) is 0 Å². The largest absolute Gasteiger partial charge is 0.412 e. The van der Waals surface area contributed by atoms with Crippen molar-refractivity contribution in [3.05, 3.63) is 58.8 Å². The maximum absolute atomic E-state index is 12.5. The lowest BCUT2D eigenvalue weighted by molar-refractivity contribution is -0.135. The lowest BCUT2D eigenvalue weighted by Crippen LogP contribution is -2.39. The summed E-state index contributed by atoms with van der Waals surface area (Å²) in [5, 5.41) is 6.64. The first-order valence-corrected chi connectivity index (χ1v) is 12.3. The molecule has 3 rings (SSSR count). The summed E-state index contributed by atoms with van der Waals surface area (Å²) in [7, 11) is 0. The van der Waals surface area contributed by atoms with E-state index in [9.17, 15) is 14.0 Å². The molecule has 1 aromatic rings. The second-order valence-electron chi connectivity index (χ2n) is 8.78. The van der Waals surface area contributed by atoms with E-state index in [0.29, 0.717) is 17.6 Å². The van der Waals surface area contributed by atoms with Gasteiger partial charge in [0.25, 0.3) is 0 Å². The highest BCUT2D eigenvalue weighted by Gasteiger charge is 2.31. The van der Waals surface area contributed by atoms with Crippen LogP contribution in [0.2, 0.25) is 5.02 Å². The van der Waals surface area contributed by atoms with Crippen LogP contribution in [0.15, 0.2) is 48.3 Å². The van der Waals surface area contributed by atoms with Gasteiger partial charge in [-0.2, -0.15) is 0 Å². The summed E-state index contributed by atoms with van der Waals surface area (Å²) in [6.45, 7) is 8.51. The lowest BCUT2D eigenvalue weighted by atomic mass is 9.96. The van der Waals surface area contributed by atoms with Crippen molar-refractivity contribution in [2.45, 2.75) is 52.0 Å².